The van der Waals surface area contributed by atoms with E-state index < -0.39 is 16.8 Å². The summed E-state index contributed by atoms with van der Waals surface area (Å²) < 4.78 is 5.22. The molecule has 0 bridgehead atoms. The molecule has 1 fully saturated rings. The third-order valence-electron chi connectivity index (χ3n) is 1.95. The predicted molar refractivity (Wildman–Crippen MR) is 65.7 cm³/mol. The van der Waals surface area contributed by atoms with Crippen LogP contribution < -0.4 is 0 Å². The Morgan fingerprint density at radius 1 is 1.47 bits per heavy atom. The van der Waals surface area contributed by atoms with Crippen LogP contribution in [0.1, 0.15) is 19.8 Å². The average molecular weight is 275 g/mol. The van der Waals surface area contributed by atoms with E-state index in [1.54, 1.807) is 6.07 Å². The molecule has 1 aliphatic heterocycles. The second-order valence-electron chi connectivity index (χ2n) is 3.28. The zero-order chi connectivity index (χ0) is 12.8. The minimum absolute atomic E-state index is 0.147. The molecule has 1 heterocycles. The van der Waals surface area contributed by atoms with Crippen LogP contribution in [0.25, 0.3) is 0 Å². The van der Waals surface area contributed by atoms with Gasteiger partial charge in [-0.15, -0.1) is 0 Å². The van der Waals surface area contributed by atoms with Crippen LogP contribution in [0.5, 0.6) is 0 Å². The standard InChI is InChI=1S/C10H13NO4S2/c1-2-3-4-15-7(12)6(5-11)10-16-8(13)9(14)17-10/h8-9,13-14H,2-4H2,1H3. The summed E-state index contributed by atoms with van der Waals surface area (Å²) in [7, 11) is 0. The molecular weight excluding hydrogens is 262 g/mol. The zero-order valence-electron chi connectivity index (χ0n) is 9.25. The molecule has 2 N–H and O–H groups in total. The van der Waals surface area contributed by atoms with Gasteiger partial charge in [-0.1, -0.05) is 36.9 Å². The number of thioether (sulfide) groups is 2. The molecule has 94 valence electrons. The van der Waals surface area contributed by atoms with Crippen molar-refractivity contribution in [3.05, 3.63) is 9.81 Å². The fourth-order valence-corrected chi connectivity index (χ4v) is 3.35. The summed E-state index contributed by atoms with van der Waals surface area (Å²) >= 11 is 1.80. The van der Waals surface area contributed by atoms with E-state index in [-0.39, 0.29) is 12.2 Å². The van der Waals surface area contributed by atoms with Gasteiger partial charge in [0.25, 0.3) is 0 Å². The van der Waals surface area contributed by atoms with Crippen molar-refractivity contribution in [3.63, 3.8) is 0 Å². The fourth-order valence-electron chi connectivity index (χ4n) is 1.04. The molecule has 0 aliphatic carbocycles. The Morgan fingerprint density at radius 3 is 2.53 bits per heavy atom. The summed E-state index contributed by atoms with van der Waals surface area (Å²) in [6.07, 6.45) is 1.64. The number of aliphatic hydroxyl groups is 2. The van der Waals surface area contributed by atoms with Crippen LogP contribution in [0, 0.1) is 11.3 Å². The molecule has 0 radical (unpaired) electrons. The van der Waals surface area contributed by atoms with Crippen molar-refractivity contribution in [2.24, 2.45) is 0 Å². The molecule has 2 atom stereocenters. The van der Waals surface area contributed by atoms with Gasteiger partial charge >= 0.3 is 5.97 Å². The van der Waals surface area contributed by atoms with Gasteiger partial charge in [0, 0.05) is 0 Å². The highest BCUT2D eigenvalue weighted by Crippen LogP contribution is 2.46. The number of carbonyl (C=O) groups excluding carboxylic acids is 1. The second-order valence-corrected chi connectivity index (χ2v) is 5.79. The van der Waals surface area contributed by atoms with Crippen molar-refractivity contribution in [2.75, 3.05) is 6.61 Å². The van der Waals surface area contributed by atoms with E-state index in [1.165, 1.54) is 0 Å². The van der Waals surface area contributed by atoms with Gasteiger partial charge in [0.15, 0.2) is 5.57 Å². The monoisotopic (exact) mass is 275 g/mol. The van der Waals surface area contributed by atoms with Crippen LogP contribution in [-0.2, 0) is 9.53 Å². The summed E-state index contributed by atoms with van der Waals surface area (Å²) in [5, 5.41) is 27.5. The smallest absolute Gasteiger partial charge is 0.350 e. The van der Waals surface area contributed by atoms with Gasteiger partial charge in [0.05, 0.1) is 10.8 Å². The summed E-state index contributed by atoms with van der Waals surface area (Å²) in [6, 6.07) is 1.75. The Kier molecular flexibility index (Phi) is 5.85. The predicted octanol–water partition coefficient (Wildman–Crippen LogP) is 1.18. The molecule has 7 heteroatoms. The van der Waals surface area contributed by atoms with Crippen LogP contribution in [0.2, 0.25) is 0 Å². The first kappa shape index (κ1) is 14.4. The highest BCUT2D eigenvalue weighted by Gasteiger charge is 2.33. The van der Waals surface area contributed by atoms with Crippen LogP contribution >= 0.6 is 23.5 Å². The van der Waals surface area contributed by atoms with Gasteiger partial charge < -0.3 is 14.9 Å². The molecule has 0 aromatic heterocycles. The Labute approximate surface area is 108 Å². The Hall–Kier alpha value is -0.680. The van der Waals surface area contributed by atoms with Gasteiger partial charge in [0.2, 0.25) is 0 Å². The van der Waals surface area contributed by atoms with E-state index in [1.807, 2.05) is 6.92 Å². The largest absolute Gasteiger partial charge is 0.462 e. The number of hydrogen-bond donors (Lipinski definition) is 2. The lowest BCUT2D eigenvalue weighted by Gasteiger charge is -2.03. The maximum absolute atomic E-state index is 11.6. The van der Waals surface area contributed by atoms with Crippen molar-refractivity contribution < 1.29 is 19.7 Å². The first-order valence-corrected chi connectivity index (χ1v) is 6.87. The normalized spacial score (nSPS) is 23.3. The minimum atomic E-state index is -1.01. The first-order valence-electron chi connectivity index (χ1n) is 5.11. The number of hydrogen-bond acceptors (Lipinski definition) is 7. The van der Waals surface area contributed by atoms with Crippen molar-refractivity contribution in [1.82, 2.24) is 0 Å². The molecular formula is C10H13NO4S2. The number of rotatable bonds is 4. The van der Waals surface area contributed by atoms with Gasteiger partial charge in [-0.05, 0) is 6.42 Å². The summed E-state index contributed by atoms with van der Waals surface area (Å²) in [5.74, 6) is -0.697. The molecule has 0 amide bonds. The zero-order valence-corrected chi connectivity index (χ0v) is 10.9. The van der Waals surface area contributed by atoms with Gasteiger partial charge in [-0.3, -0.25) is 0 Å². The lowest BCUT2D eigenvalue weighted by Crippen LogP contribution is -2.11. The maximum Gasteiger partial charge on any atom is 0.350 e. The number of nitrogens with zero attached hydrogens (tertiary/aromatic N) is 1. The first-order chi connectivity index (χ1) is 8.10. The Balaban J connectivity index is 2.68. The van der Waals surface area contributed by atoms with E-state index in [0.29, 0.717) is 4.24 Å². The fraction of sp³-hybridized carbons (Fsp3) is 0.600. The van der Waals surface area contributed by atoms with Crippen LogP contribution in [-0.4, -0.2) is 33.7 Å². The quantitative estimate of drug-likeness (QED) is 0.344. The van der Waals surface area contributed by atoms with Crippen molar-refractivity contribution in [3.8, 4) is 6.07 Å². The topological polar surface area (TPSA) is 90.6 Å². The second kappa shape index (κ2) is 6.91. The van der Waals surface area contributed by atoms with Gasteiger partial charge in [-0.25, -0.2) is 4.79 Å². The number of esters is 1. The van der Waals surface area contributed by atoms with Crippen LogP contribution in [0.4, 0.5) is 0 Å². The number of nitriles is 1. The van der Waals surface area contributed by atoms with Crippen molar-refractivity contribution >= 4 is 29.5 Å². The lowest BCUT2D eigenvalue weighted by molar-refractivity contribution is -0.138. The van der Waals surface area contributed by atoms with E-state index >= 15 is 0 Å². The maximum atomic E-state index is 11.6. The van der Waals surface area contributed by atoms with Crippen LogP contribution in [0.15, 0.2) is 9.81 Å². The number of carbonyl (C=O) groups is 1. The average Bonchev–Trinajstić information content (AvgIpc) is 2.60. The molecule has 0 aromatic carbocycles. The lowest BCUT2D eigenvalue weighted by atomic mass is 10.3. The molecule has 0 aromatic rings. The van der Waals surface area contributed by atoms with Gasteiger partial charge in [0.1, 0.15) is 16.9 Å². The number of unbranched alkanes of at least 4 members (excludes halogenated alkanes) is 1. The molecule has 1 saturated heterocycles. The van der Waals surface area contributed by atoms with E-state index in [2.05, 4.69) is 0 Å². The van der Waals surface area contributed by atoms with E-state index in [0.717, 1.165) is 36.4 Å². The molecule has 0 saturated carbocycles. The Bertz CT molecular complexity index is 352. The molecule has 1 aliphatic rings. The third kappa shape index (κ3) is 3.92. The highest BCUT2D eigenvalue weighted by atomic mass is 32.2. The molecule has 1 rings (SSSR count). The molecule has 5 nitrogen and oxygen atoms in total. The summed E-state index contributed by atoms with van der Waals surface area (Å²) in [5.41, 5.74) is -2.17. The van der Waals surface area contributed by atoms with Crippen molar-refractivity contribution in [1.29, 1.82) is 5.26 Å². The third-order valence-corrected chi connectivity index (χ3v) is 4.54. The molecule has 0 spiro atoms. The summed E-state index contributed by atoms with van der Waals surface area (Å²) in [4.78, 5) is 11.6. The van der Waals surface area contributed by atoms with Gasteiger partial charge in [-0.2, -0.15) is 5.26 Å². The van der Waals surface area contributed by atoms with E-state index in [9.17, 15) is 15.0 Å². The van der Waals surface area contributed by atoms with Crippen LogP contribution in [0.3, 0.4) is 0 Å². The Morgan fingerprint density at radius 2 is 2.06 bits per heavy atom. The van der Waals surface area contributed by atoms with Crippen molar-refractivity contribution in [2.45, 2.75) is 30.6 Å². The SMILES string of the molecule is CCCCOC(=O)C(C#N)=C1SC(O)C(O)S1. The highest BCUT2D eigenvalue weighted by molar-refractivity contribution is 8.25. The summed E-state index contributed by atoms with van der Waals surface area (Å²) in [6.45, 7) is 2.24. The number of aliphatic hydroxyl groups excluding tert-OH is 2. The molecule has 17 heavy (non-hydrogen) atoms. The van der Waals surface area contributed by atoms with E-state index in [4.69, 9.17) is 10.00 Å². The molecule has 2 unspecified atom stereocenters. The minimum Gasteiger partial charge on any atom is -0.462 e. The number of ether oxygens (including phenoxy) is 1.